The molecular weight excluding hydrogens is 190 g/mol. The van der Waals surface area contributed by atoms with E-state index in [-0.39, 0.29) is 11.9 Å². The highest BCUT2D eigenvalue weighted by molar-refractivity contribution is 5.29. The molecule has 1 heterocycles. The summed E-state index contributed by atoms with van der Waals surface area (Å²) >= 11 is 0. The molecule has 0 aromatic carbocycles. The van der Waals surface area contributed by atoms with Crippen LogP contribution in [0.4, 0.5) is 11.9 Å². The Kier molecular flexibility index (Phi) is 1.68. The van der Waals surface area contributed by atoms with E-state index in [0.29, 0.717) is 17.8 Å². The van der Waals surface area contributed by atoms with Crippen molar-refractivity contribution >= 4 is 11.9 Å². The minimum Gasteiger partial charge on any atom is -0.368 e. The van der Waals surface area contributed by atoms with Crippen molar-refractivity contribution in [2.24, 2.45) is 11.8 Å². The zero-order chi connectivity index (χ0) is 10.4. The third-order valence-corrected chi connectivity index (χ3v) is 3.30. The fourth-order valence-electron chi connectivity index (χ4n) is 2.67. The molecule has 2 bridgehead atoms. The minimum absolute atomic E-state index is 0.226. The average Bonchev–Trinajstić information content (AvgIpc) is 2.76. The van der Waals surface area contributed by atoms with Crippen molar-refractivity contribution in [2.45, 2.75) is 18.8 Å². The summed E-state index contributed by atoms with van der Waals surface area (Å²) in [4.78, 5) is 12.1. The van der Waals surface area contributed by atoms with Crippen LogP contribution in [0, 0.1) is 11.8 Å². The normalized spacial score (nSPS) is 32.4. The highest BCUT2D eigenvalue weighted by atomic mass is 15.1. The van der Waals surface area contributed by atoms with Crippen LogP contribution >= 0.6 is 0 Å². The molecule has 0 aliphatic heterocycles. The van der Waals surface area contributed by atoms with Gasteiger partial charge in [-0.25, -0.2) is 0 Å². The van der Waals surface area contributed by atoms with E-state index in [1.807, 2.05) is 0 Å². The van der Waals surface area contributed by atoms with Gasteiger partial charge >= 0.3 is 0 Å². The van der Waals surface area contributed by atoms with Crippen molar-refractivity contribution in [3.63, 3.8) is 0 Å². The van der Waals surface area contributed by atoms with Crippen molar-refractivity contribution in [1.82, 2.24) is 15.0 Å². The molecule has 2 aliphatic rings. The number of aromatic nitrogens is 3. The maximum absolute atomic E-state index is 5.56. The van der Waals surface area contributed by atoms with E-state index in [0.717, 1.165) is 12.2 Å². The van der Waals surface area contributed by atoms with Gasteiger partial charge in [0.05, 0.1) is 0 Å². The summed E-state index contributed by atoms with van der Waals surface area (Å²) in [6.45, 7) is 0. The van der Waals surface area contributed by atoms with Crippen LogP contribution in [0.15, 0.2) is 12.2 Å². The van der Waals surface area contributed by atoms with Gasteiger partial charge in [-0.1, -0.05) is 12.2 Å². The second kappa shape index (κ2) is 2.92. The Bertz CT molecular complexity index is 408. The fourth-order valence-corrected chi connectivity index (χ4v) is 2.67. The first-order valence-corrected chi connectivity index (χ1v) is 5.17. The molecule has 0 spiro atoms. The van der Waals surface area contributed by atoms with Gasteiger partial charge in [0.1, 0.15) is 5.82 Å². The van der Waals surface area contributed by atoms with Crippen LogP contribution in [0.1, 0.15) is 24.6 Å². The van der Waals surface area contributed by atoms with Gasteiger partial charge in [0.25, 0.3) is 0 Å². The summed E-state index contributed by atoms with van der Waals surface area (Å²) in [5.41, 5.74) is 11.1. The van der Waals surface area contributed by atoms with E-state index in [2.05, 4.69) is 27.1 Å². The average molecular weight is 203 g/mol. The van der Waals surface area contributed by atoms with E-state index in [1.54, 1.807) is 0 Å². The van der Waals surface area contributed by atoms with Crippen LogP contribution in [0.2, 0.25) is 0 Å². The Morgan fingerprint density at radius 3 is 2.27 bits per heavy atom. The first kappa shape index (κ1) is 8.64. The summed E-state index contributed by atoms with van der Waals surface area (Å²) in [6.07, 6.45) is 6.88. The predicted molar refractivity (Wildman–Crippen MR) is 56.7 cm³/mol. The maximum atomic E-state index is 5.56. The van der Waals surface area contributed by atoms with Gasteiger partial charge in [-0.3, -0.25) is 0 Å². The number of nitrogens with zero attached hydrogens (tertiary/aromatic N) is 3. The molecule has 0 amide bonds. The van der Waals surface area contributed by atoms with E-state index in [4.69, 9.17) is 11.5 Å². The fraction of sp³-hybridized carbons (Fsp3) is 0.500. The molecule has 1 aromatic heterocycles. The Labute approximate surface area is 87.6 Å². The number of rotatable bonds is 1. The van der Waals surface area contributed by atoms with Crippen LogP contribution in [0.25, 0.3) is 0 Å². The van der Waals surface area contributed by atoms with Crippen molar-refractivity contribution in [2.75, 3.05) is 11.5 Å². The molecule has 1 saturated carbocycles. The highest BCUT2D eigenvalue weighted by Gasteiger charge is 2.38. The highest BCUT2D eigenvalue weighted by Crippen LogP contribution is 2.47. The van der Waals surface area contributed by atoms with Crippen LogP contribution in [-0.2, 0) is 0 Å². The van der Waals surface area contributed by atoms with Crippen LogP contribution in [0.3, 0.4) is 0 Å². The maximum Gasteiger partial charge on any atom is 0.225 e. The molecule has 1 aromatic rings. The third kappa shape index (κ3) is 1.35. The number of nitrogen functional groups attached to an aromatic ring is 2. The molecular formula is C10H13N5. The molecule has 15 heavy (non-hydrogen) atoms. The quantitative estimate of drug-likeness (QED) is 0.656. The zero-order valence-corrected chi connectivity index (χ0v) is 8.30. The molecule has 0 saturated heterocycles. The van der Waals surface area contributed by atoms with Gasteiger partial charge < -0.3 is 11.5 Å². The van der Waals surface area contributed by atoms with Crippen LogP contribution in [0.5, 0.6) is 0 Å². The molecule has 78 valence electrons. The van der Waals surface area contributed by atoms with Gasteiger partial charge in [-0.2, -0.15) is 15.0 Å². The number of nitrogens with two attached hydrogens (primary N) is 2. The lowest BCUT2D eigenvalue weighted by molar-refractivity contribution is 0.552. The molecule has 4 N–H and O–H groups in total. The van der Waals surface area contributed by atoms with Crippen LogP contribution in [-0.4, -0.2) is 15.0 Å². The second-order valence-corrected chi connectivity index (χ2v) is 4.30. The first-order chi connectivity index (χ1) is 7.22. The summed E-state index contributed by atoms with van der Waals surface area (Å²) in [5.74, 6) is 2.85. The van der Waals surface area contributed by atoms with E-state index in [9.17, 15) is 0 Å². The third-order valence-electron chi connectivity index (χ3n) is 3.30. The largest absolute Gasteiger partial charge is 0.368 e. The van der Waals surface area contributed by atoms with Gasteiger partial charge in [0.2, 0.25) is 11.9 Å². The molecule has 5 nitrogen and oxygen atoms in total. The van der Waals surface area contributed by atoms with E-state index < -0.39 is 0 Å². The van der Waals surface area contributed by atoms with Crippen LogP contribution < -0.4 is 11.5 Å². The predicted octanol–water partition coefficient (Wildman–Crippen LogP) is 0.716. The molecule has 3 atom stereocenters. The Morgan fingerprint density at radius 2 is 1.73 bits per heavy atom. The van der Waals surface area contributed by atoms with Crippen molar-refractivity contribution in [3.05, 3.63) is 18.0 Å². The zero-order valence-electron chi connectivity index (χ0n) is 8.30. The number of hydrogen-bond donors (Lipinski definition) is 2. The minimum atomic E-state index is 0.226. The van der Waals surface area contributed by atoms with Gasteiger partial charge in [-0.15, -0.1) is 0 Å². The summed E-state index contributed by atoms with van der Waals surface area (Å²) < 4.78 is 0. The topological polar surface area (TPSA) is 90.7 Å². The number of allylic oxidation sites excluding steroid dienone is 2. The first-order valence-electron chi connectivity index (χ1n) is 5.17. The SMILES string of the molecule is Nc1nc(N)nc([C@H]2C[C@H]3C=C[C@H]2C3)n1. The standard InChI is InChI=1S/C10H13N5/c11-9-13-8(14-10(12)15-9)7-4-5-1-2-6(7)3-5/h1-2,5-7H,3-4H2,(H4,11,12,13,14,15)/t5-,6-,7-/m0/s1. The molecule has 0 unspecified atom stereocenters. The lowest BCUT2D eigenvalue weighted by Gasteiger charge is -2.16. The molecule has 2 aliphatic carbocycles. The van der Waals surface area contributed by atoms with Gasteiger partial charge in [0, 0.05) is 5.92 Å². The summed E-state index contributed by atoms with van der Waals surface area (Å²) in [5, 5.41) is 0. The Morgan fingerprint density at radius 1 is 1.00 bits per heavy atom. The Hall–Kier alpha value is -1.65. The summed E-state index contributed by atoms with van der Waals surface area (Å²) in [7, 11) is 0. The smallest absolute Gasteiger partial charge is 0.225 e. The monoisotopic (exact) mass is 203 g/mol. The Balaban J connectivity index is 1.96. The van der Waals surface area contributed by atoms with Crippen molar-refractivity contribution < 1.29 is 0 Å². The number of hydrogen-bond acceptors (Lipinski definition) is 5. The molecule has 5 heteroatoms. The molecule has 3 rings (SSSR count). The van der Waals surface area contributed by atoms with Crippen molar-refractivity contribution in [3.8, 4) is 0 Å². The lowest BCUT2D eigenvalue weighted by atomic mass is 9.93. The molecule has 1 fully saturated rings. The van der Waals surface area contributed by atoms with Gasteiger partial charge in [-0.05, 0) is 24.7 Å². The van der Waals surface area contributed by atoms with E-state index >= 15 is 0 Å². The molecule has 0 radical (unpaired) electrons. The van der Waals surface area contributed by atoms with Crippen molar-refractivity contribution in [1.29, 1.82) is 0 Å². The number of fused-ring (bicyclic) bond motifs is 2. The van der Waals surface area contributed by atoms with Gasteiger partial charge in [0.15, 0.2) is 0 Å². The number of anilines is 2. The van der Waals surface area contributed by atoms with E-state index in [1.165, 1.54) is 6.42 Å². The second-order valence-electron chi connectivity index (χ2n) is 4.30. The summed E-state index contributed by atoms with van der Waals surface area (Å²) in [6, 6.07) is 0. The lowest BCUT2D eigenvalue weighted by Crippen LogP contribution is -2.13.